The molecule has 6 heteroatoms. The monoisotopic (exact) mass is 281 g/mol. The number of rotatable bonds is 9. The summed E-state index contributed by atoms with van der Waals surface area (Å²) in [5, 5.41) is 10.7. The van der Waals surface area contributed by atoms with Crippen LogP contribution >= 0.6 is 0 Å². The maximum absolute atomic E-state index is 5.29. The largest absolute Gasteiger partial charge is 0.380 e. The SMILES string of the molecule is CCNC(=NCCCn1cc(C)cn1)NCCOCC. The first-order chi connectivity index (χ1) is 9.76. The second kappa shape index (κ2) is 10.3. The molecule has 0 spiro atoms. The Morgan fingerprint density at radius 2 is 2.25 bits per heavy atom. The first-order valence-electron chi connectivity index (χ1n) is 7.35. The summed E-state index contributed by atoms with van der Waals surface area (Å²) in [4.78, 5) is 4.53. The maximum Gasteiger partial charge on any atom is 0.191 e. The van der Waals surface area contributed by atoms with Crippen molar-refractivity contribution in [2.75, 3.05) is 32.8 Å². The third-order valence-corrected chi connectivity index (χ3v) is 2.66. The average Bonchev–Trinajstić information content (AvgIpc) is 2.85. The number of aromatic nitrogens is 2. The molecule has 0 aliphatic carbocycles. The van der Waals surface area contributed by atoms with Crippen LogP contribution in [0.4, 0.5) is 0 Å². The fraction of sp³-hybridized carbons (Fsp3) is 0.714. The Morgan fingerprint density at radius 1 is 1.40 bits per heavy atom. The van der Waals surface area contributed by atoms with Gasteiger partial charge in [-0.15, -0.1) is 0 Å². The fourth-order valence-electron chi connectivity index (χ4n) is 1.74. The Kier molecular flexibility index (Phi) is 8.46. The quantitative estimate of drug-likeness (QED) is 0.405. The van der Waals surface area contributed by atoms with Gasteiger partial charge in [0.15, 0.2) is 5.96 Å². The molecule has 0 atom stereocenters. The van der Waals surface area contributed by atoms with Crippen molar-refractivity contribution < 1.29 is 4.74 Å². The predicted octanol–water partition coefficient (Wildman–Crippen LogP) is 1.17. The number of hydrogen-bond acceptors (Lipinski definition) is 3. The van der Waals surface area contributed by atoms with E-state index in [0.717, 1.165) is 45.2 Å². The molecule has 0 unspecified atom stereocenters. The van der Waals surface area contributed by atoms with Gasteiger partial charge in [-0.2, -0.15) is 5.10 Å². The third-order valence-electron chi connectivity index (χ3n) is 2.66. The zero-order valence-corrected chi connectivity index (χ0v) is 12.9. The Labute approximate surface area is 121 Å². The van der Waals surface area contributed by atoms with Crippen LogP contribution in [-0.4, -0.2) is 48.6 Å². The molecule has 0 saturated heterocycles. The predicted molar refractivity (Wildman–Crippen MR) is 82.1 cm³/mol. The molecule has 0 aliphatic rings. The standard InChI is InChI=1S/C14H27N5O/c1-4-15-14(17-8-10-20-5-2)16-7-6-9-19-12-13(3)11-18-19/h11-12H,4-10H2,1-3H3,(H2,15,16,17). The van der Waals surface area contributed by atoms with Crippen LogP contribution in [0, 0.1) is 6.92 Å². The van der Waals surface area contributed by atoms with Gasteiger partial charge in [0.2, 0.25) is 0 Å². The van der Waals surface area contributed by atoms with Crippen molar-refractivity contribution in [1.29, 1.82) is 0 Å². The first kappa shape index (κ1) is 16.5. The van der Waals surface area contributed by atoms with Gasteiger partial charge in [0.05, 0.1) is 12.8 Å². The van der Waals surface area contributed by atoms with Gasteiger partial charge in [-0.1, -0.05) is 0 Å². The van der Waals surface area contributed by atoms with Crippen molar-refractivity contribution in [3.8, 4) is 0 Å². The van der Waals surface area contributed by atoms with E-state index in [2.05, 4.69) is 33.8 Å². The van der Waals surface area contributed by atoms with Crippen molar-refractivity contribution in [3.63, 3.8) is 0 Å². The van der Waals surface area contributed by atoms with Crippen molar-refractivity contribution in [2.45, 2.75) is 33.7 Å². The molecule has 0 bridgehead atoms. The number of nitrogens with one attached hydrogen (secondary N) is 2. The second-order valence-corrected chi connectivity index (χ2v) is 4.52. The number of hydrogen-bond donors (Lipinski definition) is 2. The summed E-state index contributed by atoms with van der Waals surface area (Å²) in [6, 6.07) is 0. The van der Waals surface area contributed by atoms with Gasteiger partial charge in [-0.05, 0) is 32.8 Å². The molecule has 0 aromatic carbocycles. The average molecular weight is 281 g/mol. The number of aliphatic imine (C=N–C) groups is 1. The summed E-state index contributed by atoms with van der Waals surface area (Å²) in [7, 11) is 0. The first-order valence-corrected chi connectivity index (χ1v) is 7.35. The molecule has 1 aromatic heterocycles. The number of guanidine groups is 1. The Bertz CT molecular complexity index is 389. The van der Waals surface area contributed by atoms with E-state index in [-0.39, 0.29) is 0 Å². The van der Waals surface area contributed by atoms with Crippen LogP contribution in [0.25, 0.3) is 0 Å². The molecular formula is C14H27N5O. The van der Waals surface area contributed by atoms with Gasteiger partial charge in [0, 0.05) is 39.0 Å². The van der Waals surface area contributed by atoms with Crippen molar-refractivity contribution >= 4 is 5.96 Å². The van der Waals surface area contributed by atoms with Crippen LogP contribution in [0.5, 0.6) is 0 Å². The third kappa shape index (κ3) is 7.13. The van der Waals surface area contributed by atoms with Gasteiger partial charge in [-0.25, -0.2) is 0 Å². The lowest BCUT2D eigenvalue weighted by molar-refractivity contribution is 0.152. The van der Waals surface area contributed by atoms with E-state index in [1.807, 2.05) is 24.7 Å². The molecule has 0 saturated carbocycles. The summed E-state index contributed by atoms with van der Waals surface area (Å²) < 4.78 is 7.25. The highest BCUT2D eigenvalue weighted by molar-refractivity contribution is 5.79. The minimum atomic E-state index is 0.702. The zero-order chi connectivity index (χ0) is 14.6. The van der Waals surface area contributed by atoms with Crippen LogP contribution in [0.1, 0.15) is 25.8 Å². The van der Waals surface area contributed by atoms with E-state index in [1.54, 1.807) is 0 Å². The van der Waals surface area contributed by atoms with E-state index in [0.29, 0.717) is 6.61 Å². The van der Waals surface area contributed by atoms with E-state index >= 15 is 0 Å². The smallest absolute Gasteiger partial charge is 0.191 e. The maximum atomic E-state index is 5.29. The van der Waals surface area contributed by atoms with Crippen LogP contribution in [0.15, 0.2) is 17.4 Å². The molecule has 0 amide bonds. The number of aryl methyl sites for hydroxylation is 2. The molecule has 2 N–H and O–H groups in total. The summed E-state index contributed by atoms with van der Waals surface area (Å²) in [5.41, 5.74) is 1.19. The fourth-order valence-corrected chi connectivity index (χ4v) is 1.74. The second-order valence-electron chi connectivity index (χ2n) is 4.52. The number of nitrogens with zero attached hydrogens (tertiary/aromatic N) is 3. The van der Waals surface area contributed by atoms with Crippen molar-refractivity contribution in [3.05, 3.63) is 18.0 Å². The van der Waals surface area contributed by atoms with Crippen molar-refractivity contribution in [2.24, 2.45) is 4.99 Å². The van der Waals surface area contributed by atoms with Crippen molar-refractivity contribution in [1.82, 2.24) is 20.4 Å². The Balaban J connectivity index is 2.23. The van der Waals surface area contributed by atoms with E-state index in [4.69, 9.17) is 4.74 Å². The Hall–Kier alpha value is -1.56. The molecule has 0 aliphatic heterocycles. The molecule has 114 valence electrons. The van der Waals surface area contributed by atoms with Crippen LogP contribution in [0.2, 0.25) is 0 Å². The lowest BCUT2D eigenvalue weighted by Crippen LogP contribution is -2.39. The van der Waals surface area contributed by atoms with E-state index in [9.17, 15) is 0 Å². The van der Waals surface area contributed by atoms with Gasteiger partial charge in [0.1, 0.15) is 0 Å². The molecule has 1 aromatic rings. The molecule has 1 heterocycles. The molecule has 6 nitrogen and oxygen atoms in total. The van der Waals surface area contributed by atoms with Gasteiger partial charge < -0.3 is 15.4 Å². The van der Waals surface area contributed by atoms with Crippen LogP contribution in [0.3, 0.4) is 0 Å². The van der Waals surface area contributed by atoms with Gasteiger partial charge in [-0.3, -0.25) is 9.67 Å². The highest BCUT2D eigenvalue weighted by Crippen LogP contribution is 1.96. The highest BCUT2D eigenvalue weighted by atomic mass is 16.5. The van der Waals surface area contributed by atoms with E-state index in [1.165, 1.54) is 5.56 Å². The Morgan fingerprint density at radius 3 is 2.90 bits per heavy atom. The summed E-state index contributed by atoms with van der Waals surface area (Å²) in [5.74, 6) is 0.851. The molecule has 0 fully saturated rings. The lowest BCUT2D eigenvalue weighted by Gasteiger charge is -2.11. The van der Waals surface area contributed by atoms with Crippen LogP contribution < -0.4 is 10.6 Å². The molecule has 20 heavy (non-hydrogen) atoms. The van der Waals surface area contributed by atoms with Crippen LogP contribution in [-0.2, 0) is 11.3 Å². The minimum Gasteiger partial charge on any atom is -0.380 e. The highest BCUT2D eigenvalue weighted by Gasteiger charge is 1.97. The van der Waals surface area contributed by atoms with Gasteiger partial charge >= 0.3 is 0 Å². The topological polar surface area (TPSA) is 63.5 Å². The summed E-state index contributed by atoms with van der Waals surface area (Å²) >= 11 is 0. The zero-order valence-electron chi connectivity index (χ0n) is 12.9. The lowest BCUT2D eigenvalue weighted by atomic mass is 10.4. The number of ether oxygens (including phenoxy) is 1. The minimum absolute atomic E-state index is 0.702. The summed E-state index contributed by atoms with van der Waals surface area (Å²) in [6.07, 6.45) is 4.90. The molecule has 1 rings (SSSR count). The van der Waals surface area contributed by atoms with Gasteiger partial charge in [0.25, 0.3) is 0 Å². The molecule has 0 radical (unpaired) electrons. The van der Waals surface area contributed by atoms with E-state index < -0.39 is 0 Å². The summed E-state index contributed by atoms with van der Waals surface area (Å²) in [6.45, 7) is 10.9. The normalized spacial score (nSPS) is 11.7. The molecular weight excluding hydrogens is 254 g/mol.